The van der Waals surface area contributed by atoms with Crippen LogP contribution in [0.3, 0.4) is 0 Å². The number of hydrogen-bond donors (Lipinski definition) is 1. The zero-order valence-electron chi connectivity index (χ0n) is 13.0. The van der Waals surface area contributed by atoms with Gasteiger partial charge >= 0.3 is 0 Å². The second kappa shape index (κ2) is 7.63. The summed E-state index contributed by atoms with van der Waals surface area (Å²) in [6, 6.07) is 0. The minimum atomic E-state index is -2.82. The second-order valence-corrected chi connectivity index (χ2v) is 9.17. The zero-order chi connectivity index (χ0) is 14.5. The quantitative estimate of drug-likeness (QED) is 0.784. The van der Waals surface area contributed by atoms with E-state index in [0.717, 1.165) is 25.4 Å². The molecule has 3 atom stereocenters. The van der Waals surface area contributed by atoms with Gasteiger partial charge in [0.25, 0.3) is 0 Å². The molecule has 19 heavy (non-hydrogen) atoms. The van der Waals surface area contributed by atoms with Crippen molar-refractivity contribution < 1.29 is 8.42 Å². The van der Waals surface area contributed by atoms with E-state index >= 15 is 0 Å². The highest BCUT2D eigenvalue weighted by atomic mass is 32.2. The Hall–Kier alpha value is -0.0900. The SMILES string of the molecule is CC(C)CNCC1CCC(C)CC1CCS(C)(=O)=O. The van der Waals surface area contributed by atoms with Crippen molar-refractivity contribution in [3.05, 3.63) is 0 Å². The molecule has 0 radical (unpaired) electrons. The standard InChI is InChI=1S/C15H31NO2S/c1-12(2)10-16-11-15-6-5-13(3)9-14(15)7-8-19(4,17)18/h12-16H,5-11H2,1-4H3. The molecule has 1 rings (SSSR count). The van der Waals surface area contributed by atoms with Crippen molar-refractivity contribution >= 4 is 9.84 Å². The van der Waals surface area contributed by atoms with Gasteiger partial charge in [-0.2, -0.15) is 0 Å². The monoisotopic (exact) mass is 289 g/mol. The van der Waals surface area contributed by atoms with Gasteiger partial charge in [0.2, 0.25) is 0 Å². The van der Waals surface area contributed by atoms with Crippen molar-refractivity contribution in [1.82, 2.24) is 5.32 Å². The molecule has 3 unspecified atom stereocenters. The molecule has 4 heteroatoms. The molecule has 0 saturated heterocycles. The molecular formula is C15H31NO2S. The minimum absolute atomic E-state index is 0.352. The molecule has 0 aromatic heterocycles. The Bertz CT molecular complexity index is 351. The molecule has 0 aliphatic heterocycles. The van der Waals surface area contributed by atoms with E-state index in [1.165, 1.54) is 25.5 Å². The van der Waals surface area contributed by atoms with Gasteiger partial charge in [-0.1, -0.05) is 27.2 Å². The molecule has 1 aliphatic carbocycles. The molecule has 1 aliphatic rings. The lowest BCUT2D eigenvalue weighted by molar-refractivity contribution is 0.179. The first kappa shape index (κ1) is 17.0. The Morgan fingerprint density at radius 1 is 1.21 bits per heavy atom. The summed E-state index contributed by atoms with van der Waals surface area (Å²) in [7, 11) is -2.82. The van der Waals surface area contributed by atoms with Gasteiger partial charge in [0.15, 0.2) is 0 Å². The third-order valence-electron chi connectivity index (χ3n) is 4.22. The molecule has 114 valence electrons. The molecule has 0 heterocycles. The summed E-state index contributed by atoms with van der Waals surface area (Å²) in [6.07, 6.45) is 5.94. The van der Waals surface area contributed by atoms with E-state index < -0.39 is 9.84 Å². The van der Waals surface area contributed by atoms with Crippen LogP contribution in [-0.4, -0.2) is 33.5 Å². The van der Waals surface area contributed by atoms with Gasteiger partial charge in [-0.25, -0.2) is 8.42 Å². The lowest BCUT2D eigenvalue weighted by atomic mass is 9.73. The molecule has 0 amide bonds. The van der Waals surface area contributed by atoms with Crippen LogP contribution in [0.1, 0.15) is 46.5 Å². The summed E-state index contributed by atoms with van der Waals surface area (Å²) in [5.41, 5.74) is 0. The number of rotatable bonds is 7. The van der Waals surface area contributed by atoms with Gasteiger partial charge in [0.1, 0.15) is 9.84 Å². The van der Waals surface area contributed by atoms with E-state index in [2.05, 4.69) is 26.1 Å². The lowest BCUT2D eigenvalue weighted by Crippen LogP contribution is -2.35. The van der Waals surface area contributed by atoms with Gasteiger partial charge in [0.05, 0.1) is 5.75 Å². The fourth-order valence-electron chi connectivity index (χ4n) is 3.11. The molecule has 1 N–H and O–H groups in total. The zero-order valence-corrected chi connectivity index (χ0v) is 13.8. The third-order valence-corrected chi connectivity index (χ3v) is 5.20. The van der Waals surface area contributed by atoms with Crippen LogP contribution < -0.4 is 5.32 Å². The van der Waals surface area contributed by atoms with Crippen molar-refractivity contribution in [3.8, 4) is 0 Å². The summed E-state index contributed by atoms with van der Waals surface area (Å²) in [4.78, 5) is 0. The predicted octanol–water partition coefficient (Wildman–Crippen LogP) is 2.72. The molecule has 1 saturated carbocycles. The first-order valence-electron chi connectivity index (χ1n) is 7.66. The van der Waals surface area contributed by atoms with Crippen molar-refractivity contribution in [2.45, 2.75) is 46.5 Å². The van der Waals surface area contributed by atoms with Crippen LogP contribution in [0.15, 0.2) is 0 Å². The molecule has 0 bridgehead atoms. The highest BCUT2D eigenvalue weighted by molar-refractivity contribution is 7.90. The number of hydrogen-bond acceptors (Lipinski definition) is 3. The summed E-state index contributed by atoms with van der Waals surface area (Å²) >= 11 is 0. The summed E-state index contributed by atoms with van der Waals surface area (Å²) in [6.45, 7) is 8.85. The fraction of sp³-hybridized carbons (Fsp3) is 1.00. The first-order chi connectivity index (χ1) is 8.78. The van der Waals surface area contributed by atoms with Gasteiger partial charge in [-0.15, -0.1) is 0 Å². The van der Waals surface area contributed by atoms with Gasteiger partial charge in [0, 0.05) is 6.26 Å². The second-order valence-electron chi connectivity index (χ2n) is 6.91. The first-order valence-corrected chi connectivity index (χ1v) is 9.72. The van der Waals surface area contributed by atoms with Crippen LogP contribution in [0.5, 0.6) is 0 Å². The summed E-state index contributed by atoms with van der Waals surface area (Å²) < 4.78 is 22.7. The minimum Gasteiger partial charge on any atom is -0.316 e. The maximum absolute atomic E-state index is 11.3. The molecule has 0 aromatic carbocycles. The number of sulfone groups is 1. The van der Waals surface area contributed by atoms with E-state index in [1.54, 1.807) is 0 Å². The maximum atomic E-state index is 11.3. The molecule has 3 nitrogen and oxygen atoms in total. The Kier molecular flexibility index (Phi) is 6.81. The average Bonchev–Trinajstić information content (AvgIpc) is 2.27. The Morgan fingerprint density at radius 3 is 2.47 bits per heavy atom. The predicted molar refractivity (Wildman–Crippen MR) is 82.0 cm³/mol. The highest BCUT2D eigenvalue weighted by Gasteiger charge is 2.28. The van der Waals surface area contributed by atoms with Crippen molar-refractivity contribution in [1.29, 1.82) is 0 Å². The van der Waals surface area contributed by atoms with Gasteiger partial charge in [-0.05, 0) is 56.0 Å². The van der Waals surface area contributed by atoms with E-state index in [-0.39, 0.29) is 0 Å². The molecule has 1 fully saturated rings. The van der Waals surface area contributed by atoms with Crippen LogP contribution in [0.25, 0.3) is 0 Å². The van der Waals surface area contributed by atoms with Crippen molar-refractivity contribution in [2.75, 3.05) is 25.1 Å². The summed E-state index contributed by atoms with van der Waals surface area (Å²) in [5, 5.41) is 3.55. The average molecular weight is 289 g/mol. The largest absolute Gasteiger partial charge is 0.316 e. The fourth-order valence-corrected chi connectivity index (χ4v) is 3.84. The molecular weight excluding hydrogens is 258 g/mol. The van der Waals surface area contributed by atoms with Crippen LogP contribution in [-0.2, 0) is 9.84 Å². The third kappa shape index (κ3) is 7.31. The molecule has 0 aromatic rings. The van der Waals surface area contributed by atoms with Gasteiger partial charge in [-0.3, -0.25) is 0 Å². The van der Waals surface area contributed by atoms with Crippen LogP contribution in [0.4, 0.5) is 0 Å². The van der Waals surface area contributed by atoms with Crippen LogP contribution in [0, 0.1) is 23.7 Å². The van der Waals surface area contributed by atoms with E-state index in [4.69, 9.17) is 0 Å². The normalized spacial score (nSPS) is 28.8. The maximum Gasteiger partial charge on any atom is 0.147 e. The van der Waals surface area contributed by atoms with Crippen LogP contribution >= 0.6 is 0 Å². The lowest BCUT2D eigenvalue weighted by Gasteiger charge is -2.35. The van der Waals surface area contributed by atoms with Gasteiger partial charge < -0.3 is 5.32 Å². The smallest absolute Gasteiger partial charge is 0.147 e. The van der Waals surface area contributed by atoms with Crippen molar-refractivity contribution in [2.24, 2.45) is 23.7 Å². The Morgan fingerprint density at radius 2 is 1.89 bits per heavy atom. The van der Waals surface area contributed by atoms with E-state index in [1.807, 2.05) is 0 Å². The molecule has 0 spiro atoms. The topological polar surface area (TPSA) is 46.2 Å². The van der Waals surface area contributed by atoms with E-state index in [0.29, 0.717) is 23.5 Å². The number of nitrogens with one attached hydrogen (secondary N) is 1. The Labute approximate surface area is 119 Å². The van der Waals surface area contributed by atoms with E-state index in [9.17, 15) is 8.42 Å². The Balaban J connectivity index is 2.45. The van der Waals surface area contributed by atoms with Crippen LogP contribution in [0.2, 0.25) is 0 Å². The van der Waals surface area contributed by atoms with Crippen molar-refractivity contribution in [3.63, 3.8) is 0 Å². The highest BCUT2D eigenvalue weighted by Crippen LogP contribution is 2.35. The summed E-state index contributed by atoms with van der Waals surface area (Å²) in [5.74, 6) is 3.03.